The molecule has 6 heteroatoms. The number of nitrogens with zero attached hydrogens (tertiary/aromatic N) is 1. The third kappa shape index (κ3) is 7.01. The monoisotopic (exact) mass is 370 g/mol. The summed E-state index contributed by atoms with van der Waals surface area (Å²) in [4.78, 5) is 25.5. The molecule has 0 bridgehead atoms. The molecule has 0 unspecified atom stereocenters. The number of amides is 2. The third-order valence-electron chi connectivity index (χ3n) is 4.04. The van der Waals surface area contributed by atoms with Crippen LogP contribution in [0.3, 0.4) is 0 Å². The normalized spacial score (nSPS) is 10.1. The van der Waals surface area contributed by atoms with Crippen LogP contribution in [-0.2, 0) is 16.1 Å². The average molecular weight is 370 g/mol. The van der Waals surface area contributed by atoms with Crippen molar-refractivity contribution < 1.29 is 19.1 Å². The number of nitrogens with one attached hydrogen (secondary N) is 1. The van der Waals surface area contributed by atoms with Crippen LogP contribution >= 0.6 is 0 Å². The van der Waals surface area contributed by atoms with Gasteiger partial charge in [0.05, 0.1) is 20.1 Å². The second-order valence-corrected chi connectivity index (χ2v) is 6.01. The summed E-state index contributed by atoms with van der Waals surface area (Å²) in [6, 6.07) is 17.0. The van der Waals surface area contributed by atoms with Crippen molar-refractivity contribution in [2.45, 2.75) is 19.9 Å². The largest absolute Gasteiger partial charge is 0.496 e. The molecule has 0 spiro atoms. The maximum absolute atomic E-state index is 11.9. The van der Waals surface area contributed by atoms with Crippen LogP contribution in [0.15, 0.2) is 54.6 Å². The minimum atomic E-state index is -0.105. The van der Waals surface area contributed by atoms with E-state index in [0.717, 1.165) is 17.1 Å². The predicted octanol–water partition coefficient (Wildman–Crippen LogP) is 2.63. The number of methoxy groups -OCH3 is 1. The molecule has 0 aliphatic rings. The van der Waals surface area contributed by atoms with Gasteiger partial charge in [0.1, 0.15) is 11.5 Å². The molecule has 0 aromatic heterocycles. The SMILES string of the molecule is COc1ccccc1CN(CCNC(=O)CCOc1ccccc1)C(C)=O. The van der Waals surface area contributed by atoms with E-state index < -0.39 is 0 Å². The van der Waals surface area contributed by atoms with Gasteiger partial charge in [0, 0.05) is 32.1 Å². The van der Waals surface area contributed by atoms with E-state index in [-0.39, 0.29) is 18.2 Å². The summed E-state index contributed by atoms with van der Waals surface area (Å²) in [5, 5.41) is 2.82. The Balaban J connectivity index is 1.73. The summed E-state index contributed by atoms with van der Waals surface area (Å²) in [6.07, 6.45) is 0.265. The summed E-state index contributed by atoms with van der Waals surface area (Å²) >= 11 is 0. The molecule has 0 atom stereocenters. The molecule has 2 rings (SSSR count). The van der Waals surface area contributed by atoms with E-state index >= 15 is 0 Å². The molecule has 2 amide bonds. The molecular formula is C21H26N2O4. The highest BCUT2D eigenvalue weighted by molar-refractivity contribution is 5.76. The lowest BCUT2D eigenvalue weighted by atomic mass is 10.2. The van der Waals surface area contributed by atoms with Crippen LogP contribution in [0.4, 0.5) is 0 Å². The van der Waals surface area contributed by atoms with Gasteiger partial charge < -0.3 is 19.7 Å². The molecule has 0 aliphatic carbocycles. The Kier molecular flexibility index (Phi) is 8.16. The van der Waals surface area contributed by atoms with Crippen LogP contribution in [0, 0.1) is 0 Å². The molecule has 0 fully saturated rings. The fourth-order valence-corrected chi connectivity index (χ4v) is 2.58. The van der Waals surface area contributed by atoms with E-state index in [9.17, 15) is 9.59 Å². The summed E-state index contributed by atoms with van der Waals surface area (Å²) in [6.45, 7) is 3.09. The van der Waals surface area contributed by atoms with Crippen molar-refractivity contribution in [2.75, 3.05) is 26.8 Å². The first kappa shape index (κ1) is 20.3. The lowest BCUT2D eigenvalue weighted by Gasteiger charge is -2.22. The quantitative estimate of drug-likeness (QED) is 0.698. The smallest absolute Gasteiger partial charge is 0.223 e. The molecule has 0 saturated heterocycles. The van der Waals surface area contributed by atoms with Gasteiger partial charge in [0.2, 0.25) is 11.8 Å². The zero-order valence-corrected chi connectivity index (χ0v) is 15.8. The predicted molar refractivity (Wildman–Crippen MR) is 104 cm³/mol. The molecule has 0 radical (unpaired) electrons. The van der Waals surface area contributed by atoms with E-state index in [0.29, 0.717) is 26.2 Å². The Morgan fingerprint density at radius 2 is 1.74 bits per heavy atom. The standard InChI is InChI=1S/C21H26N2O4/c1-17(24)23(16-18-8-6-7-11-20(18)26-2)14-13-22-21(25)12-15-27-19-9-4-3-5-10-19/h3-11H,12-16H2,1-2H3,(H,22,25). The van der Waals surface area contributed by atoms with Crippen molar-refractivity contribution >= 4 is 11.8 Å². The number of ether oxygens (including phenoxy) is 2. The molecule has 0 saturated carbocycles. The fraction of sp³-hybridized carbons (Fsp3) is 0.333. The zero-order chi connectivity index (χ0) is 19.5. The maximum Gasteiger partial charge on any atom is 0.223 e. The fourth-order valence-electron chi connectivity index (χ4n) is 2.58. The van der Waals surface area contributed by atoms with Gasteiger partial charge in [0.15, 0.2) is 0 Å². The van der Waals surface area contributed by atoms with Crippen LogP contribution in [0.5, 0.6) is 11.5 Å². The number of carbonyl (C=O) groups is 2. The summed E-state index contributed by atoms with van der Waals surface area (Å²) in [5.74, 6) is 1.32. The molecule has 1 N–H and O–H groups in total. The first-order chi connectivity index (χ1) is 13.1. The molecule has 0 heterocycles. The number of hydrogen-bond donors (Lipinski definition) is 1. The highest BCUT2D eigenvalue weighted by atomic mass is 16.5. The second kappa shape index (κ2) is 10.9. The summed E-state index contributed by atoms with van der Waals surface area (Å²) in [7, 11) is 1.61. The number of benzene rings is 2. The third-order valence-corrected chi connectivity index (χ3v) is 4.04. The van der Waals surface area contributed by atoms with Crippen LogP contribution in [0.1, 0.15) is 18.9 Å². The Hall–Kier alpha value is -3.02. The molecule has 0 aliphatic heterocycles. The van der Waals surface area contributed by atoms with E-state index in [1.165, 1.54) is 6.92 Å². The van der Waals surface area contributed by atoms with Gasteiger partial charge in [-0.1, -0.05) is 36.4 Å². The van der Waals surface area contributed by atoms with Gasteiger partial charge in [0.25, 0.3) is 0 Å². The number of para-hydroxylation sites is 2. The zero-order valence-electron chi connectivity index (χ0n) is 15.8. The molecule has 144 valence electrons. The topological polar surface area (TPSA) is 67.9 Å². The molecule has 27 heavy (non-hydrogen) atoms. The first-order valence-electron chi connectivity index (χ1n) is 8.92. The Bertz CT molecular complexity index is 734. The summed E-state index contributed by atoms with van der Waals surface area (Å²) < 4.78 is 10.8. The minimum Gasteiger partial charge on any atom is -0.496 e. The van der Waals surface area contributed by atoms with E-state index in [4.69, 9.17) is 9.47 Å². The van der Waals surface area contributed by atoms with E-state index in [1.807, 2.05) is 54.6 Å². The number of rotatable bonds is 10. The molecule has 6 nitrogen and oxygen atoms in total. The van der Waals surface area contributed by atoms with Gasteiger partial charge in [-0.2, -0.15) is 0 Å². The van der Waals surface area contributed by atoms with Gasteiger partial charge >= 0.3 is 0 Å². The van der Waals surface area contributed by atoms with Crippen molar-refractivity contribution in [3.63, 3.8) is 0 Å². The van der Waals surface area contributed by atoms with Crippen molar-refractivity contribution in [3.8, 4) is 11.5 Å². The Morgan fingerprint density at radius 3 is 2.44 bits per heavy atom. The highest BCUT2D eigenvalue weighted by Gasteiger charge is 2.12. The van der Waals surface area contributed by atoms with Crippen LogP contribution in [-0.4, -0.2) is 43.5 Å². The van der Waals surface area contributed by atoms with Gasteiger partial charge in [-0.05, 0) is 18.2 Å². The lowest BCUT2D eigenvalue weighted by Crippen LogP contribution is -2.37. The van der Waals surface area contributed by atoms with E-state index in [2.05, 4.69) is 5.32 Å². The van der Waals surface area contributed by atoms with Crippen molar-refractivity contribution in [1.82, 2.24) is 10.2 Å². The van der Waals surface area contributed by atoms with Gasteiger partial charge in [-0.15, -0.1) is 0 Å². The first-order valence-corrected chi connectivity index (χ1v) is 8.92. The van der Waals surface area contributed by atoms with Crippen molar-refractivity contribution in [3.05, 3.63) is 60.2 Å². The van der Waals surface area contributed by atoms with Gasteiger partial charge in [-0.25, -0.2) is 0 Å². The second-order valence-electron chi connectivity index (χ2n) is 6.01. The van der Waals surface area contributed by atoms with E-state index in [1.54, 1.807) is 12.0 Å². The van der Waals surface area contributed by atoms with Gasteiger partial charge in [-0.3, -0.25) is 9.59 Å². The average Bonchev–Trinajstić information content (AvgIpc) is 2.68. The lowest BCUT2D eigenvalue weighted by molar-refractivity contribution is -0.130. The Labute approximate surface area is 160 Å². The van der Waals surface area contributed by atoms with Crippen LogP contribution in [0.25, 0.3) is 0 Å². The van der Waals surface area contributed by atoms with Crippen LogP contribution < -0.4 is 14.8 Å². The Morgan fingerprint density at radius 1 is 1.04 bits per heavy atom. The summed E-state index contributed by atoms with van der Waals surface area (Å²) in [5.41, 5.74) is 0.929. The van der Waals surface area contributed by atoms with Crippen molar-refractivity contribution in [1.29, 1.82) is 0 Å². The molecular weight excluding hydrogens is 344 g/mol. The maximum atomic E-state index is 11.9. The minimum absolute atomic E-state index is 0.0532. The number of carbonyl (C=O) groups excluding carboxylic acids is 2. The molecule has 2 aromatic carbocycles. The molecule has 2 aromatic rings. The van der Waals surface area contributed by atoms with Crippen molar-refractivity contribution in [2.24, 2.45) is 0 Å². The van der Waals surface area contributed by atoms with Crippen LogP contribution in [0.2, 0.25) is 0 Å². The highest BCUT2D eigenvalue weighted by Crippen LogP contribution is 2.19. The number of hydrogen-bond acceptors (Lipinski definition) is 4.